The van der Waals surface area contributed by atoms with E-state index < -0.39 is 0 Å². The summed E-state index contributed by atoms with van der Waals surface area (Å²) in [4.78, 5) is 0. The number of rotatable bonds is 2. The summed E-state index contributed by atoms with van der Waals surface area (Å²) in [6.07, 6.45) is 5.10. The smallest absolute Gasteiger partial charge is 0.148 e. The second-order valence-corrected chi connectivity index (χ2v) is 2.71. The van der Waals surface area contributed by atoms with Crippen LogP contribution in [0.25, 0.3) is 0 Å². The molecule has 0 atom stereocenters. The third kappa shape index (κ3) is 1.79. The molecular weight excluding hydrogens is 148 g/mol. The van der Waals surface area contributed by atoms with Crippen LogP contribution in [-0.2, 0) is 0 Å². The van der Waals surface area contributed by atoms with Gasteiger partial charge in [0.2, 0.25) is 0 Å². The molecule has 0 fully saturated rings. The molecule has 0 bridgehead atoms. The van der Waals surface area contributed by atoms with Gasteiger partial charge in [-0.25, -0.2) is 0 Å². The summed E-state index contributed by atoms with van der Waals surface area (Å²) >= 11 is 0. The molecule has 1 aromatic carbocycles. The van der Waals surface area contributed by atoms with E-state index in [2.05, 4.69) is 5.92 Å². The Hall–Kier alpha value is -1.42. The Balaban J connectivity index is 2.90. The van der Waals surface area contributed by atoms with Crippen molar-refractivity contribution in [1.82, 2.24) is 0 Å². The van der Waals surface area contributed by atoms with Gasteiger partial charge >= 0.3 is 0 Å². The summed E-state index contributed by atoms with van der Waals surface area (Å²) in [5.41, 5.74) is 2.26. The van der Waals surface area contributed by atoms with Gasteiger partial charge in [0, 0.05) is 0 Å². The van der Waals surface area contributed by atoms with Crippen molar-refractivity contribution in [2.24, 2.45) is 0 Å². The lowest BCUT2D eigenvalue weighted by Crippen LogP contribution is -1.97. The van der Waals surface area contributed by atoms with Crippen LogP contribution < -0.4 is 4.74 Å². The van der Waals surface area contributed by atoms with Gasteiger partial charge in [-0.3, -0.25) is 0 Å². The van der Waals surface area contributed by atoms with Crippen LogP contribution in [0.4, 0.5) is 0 Å². The van der Waals surface area contributed by atoms with Crippen LogP contribution in [0.5, 0.6) is 5.75 Å². The number of hydrogen-bond acceptors (Lipinski definition) is 1. The highest BCUT2D eigenvalue weighted by molar-refractivity contribution is 5.39. The van der Waals surface area contributed by atoms with E-state index in [1.807, 2.05) is 32.0 Å². The molecule has 0 spiro atoms. The Morgan fingerprint density at radius 1 is 1.33 bits per heavy atom. The van der Waals surface area contributed by atoms with E-state index in [9.17, 15) is 0 Å². The highest BCUT2D eigenvalue weighted by Crippen LogP contribution is 2.21. The number of benzene rings is 1. The first-order chi connectivity index (χ1) is 5.75. The second kappa shape index (κ2) is 3.82. The minimum atomic E-state index is 0.339. The predicted molar refractivity (Wildman–Crippen MR) is 50.2 cm³/mol. The van der Waals surface area contributed by atoms with Gasteiger partial charge in [-0.2, -0.15) is 0 Å². The molecular formula is C11H12O. The number of ether oxygens (including phenoxy) is 1. The maximum atomic E-state index is 5.38. The molecule has 0 heterocycles. The number of aryl methyl sites for hydroxylation is 2. The monoisotopic (exact) mass is 160 g/mol. The lowest BCUT2D eigenvalue weighted by atomic mass is 10.1. The van der Waals surface area contributed by atoms with Crippen molar-refractivity contribution in [3.8, 4) is 18.1 Å². The van der Waals surface area contributed by atoms with E-state index >= 15 is 0 Å². The van der Waals surface area contributed by atoms with Gasteiger partial charge in [0.05, 0.1) is 0 Å². The van der Waals surface area contributed by atoms with Crippen molar-refractivity contribution in [3.63, 3.8) is 0 Å². The molecule has 0 saturated heterocycles. The molecule has 0 aliphatic rings. The fourth-order valence-electron chi connectivity index (χ4n) is 1.14. The third-order valence-electron chi connectivity index (χ3n) is 1.71. The van der Waals surface area contributed by atoms with Crippen LogP contribution in [0.1, 0.15) is 11.1 Å². The standard InChI is InChI=1S/C11H12O/c1-4-8-12-11-9(2)6-5-7-10(11)3/h1,5-7H,8H2,2-3H3. The molecule has 0 saturated carbocycles. The van der Waals surface area contributed by atoms with E-state index in [1.54, 1.807) is 0 Å². The average Bonchev–Trinajstić information content (AvgIpc) is 2.04. The summed E-state index contributed by atoms with van der Waals surface area (Å²) in [6, 6.07) is 6.03. The Kier molecular flexibility index (Phi) is 2.76. The van der Waals surface area contributed by atoms with E-state index in [-0.39, 0.29) is 0 Å². The Bertz CT molecular complexity index is 287. The van der Waals surface area contributed by atoms with E-state index in [0.29, 0.717) is 6.61 Å². The zero-order chi connectivity index (χ0) is 8.97. The molecule has 1 aromatic rings. The maximum Gasteiger partial charge on any atom is 0.148 e. The molecule has 12 heavy (non-hydrogen) atoms. The Labute approximate surface area is 73.4 Å². The summed E-state index contributed by atoms with van der Waals surface area (Å²) < 4.78 is 5.38. The zero-order valence-electron chi connectivity index (χ0n) is 7.42. The molecule has 0 aromatic heterocycles. The van der Waals surface area contributed by atoms with Gasteiger partial charge in [-0.1, -0.05) is 24.1 Å². The minimum absolute atomic E-state index is 0.339. The van der Waals surface area contributed by atoms with Crippen LogP contribution in [0.2, 0.25) is 0 Å². The van der Waals surface area contributed by atoms with Crippen LogP contribution in [0, 0.1) is 26.2 Å². The summed E-state index contributed by atoms with van der Waals surface area (Å²) in [5.74, 6) is 3.36. The van der Waals surface area contributed by atoms with E-state index in [4.69, 9.17) is 11.2 Å². The van der Waals surface area contributed by atoms with Crippen molar-refractivity contribution in [1.29, 1.82) is 0 Å². The molecule has 0 aliphatic carbocycles. The number of terminal acetylenes is 1. The van der Waals surface area contributed by atoms with Gasteiger partial charge < -0.3 is 4.74 Å². The number of para-hydroxylation sites is 1. The van der Waals surface area contributed by atoms with Gasteiger partial charge in [0.15, 0.2) is 0 Å². The van der Waals surface area contributed by atoms with Gasteiger partial charge in [-0.15, -0.1) is 6.42 Å². The van der Waals surface area contributed by atoms with Crippen molar-refractivity contribution in [3.05, 3.63) is 29.3 Å². The third-order valence-corrected chi connectivity index (χ3v) is 1.71. The Morgan fingerprint density at radius 3 is 2.42 bits per heavy atom. The predicted octanol–water partition coefficient (Wildman–Crippen LogP) is 2.32. The lowest BCUT2D eigenvalue weighted by molar-refractivity contribution is 0.365. The molecule has 1 rings (SSSR count). The van der Waals surface area contributed by atoms with Gasteiger partial charge in [-0.05, 0) is 25.0 Å². The number of hydrogen-bond donors (Lipinski definition) is 0. The van der Waals surface area contributed by atoms with Crippen molar-refractivity contribution < 1.29 is 4.74 Å². The molecule has 0 radical (unpaired) electrons. The van der Waals surface area contributed by atoms with E-state index in [1.165, 1.54) is 0 Å². The molecule has 0 N–H and O–H groups in total. The summed E-state index contributed by atoms with van der Waals surface area (Å²) in [5, 5.41) is 0. The van der Waals surface area contributed by atoms with Crippen LogP contribution in [0.3, 0.4) is 0 Å². The lowest BCUT2D eigenvalue weighted by Gasteiger charge is -2.08. The normalized spacial score (nSPS) is 9.08. The largest absolute Gasteiger partial charge is 0.480 e. The van der Waals surface area contributed by atoms with Crippen molar-refractivity contribution >= 4 is 0 Å². The van der Waals surface area contributed by atoms with Crippen molar-refractivity contribution in [2.75, 3.05) is 6.61 Å². The first-order valence-electron chi connectivity index (χ1n) is 3.88. The van der Waals surface area contributed by atoms with Crippen LogP contribution >= 0.6 is 0 Å². The fraction of sp³-hybridized carbons (Fsp3) is 0.273. The topological polar surface area (TPSA) is 9.23 Å². The second-order valence-electron chi connectivity index (χ2n) is 2.71. The summed E-state index contributed by atoms with van der Waals surface area (Å²) in [7, 11) is 0. The van der Waals surface area contributed by atoms with Crippen LogP contribution in [0.15, 0.2) is 18.2 Å². The average molecular weight is 160 g/mol. The Morgan fingerprint density at radius 2 is 1.92 bits per heavy atom. The molecule has 0 unspecified atom stereocenters. The highest BCUT2D eigenvalue weighted by Gasteiger charge is 2.00. The molecule has 1 nitrogen and oxygen atoms in total. The van der Waals surface area contributed by atoms with Gasteiger partial charge in [0.25, 0.3) is 0 Å². The van der Waals surface area contributed by atoms with Crippen molar-refractivity contribution in [2.45, 2.75) is 13.8 Å². The maximum absolute atomic E-state index is 5.38. The molecule has 1 heteroatoms. The first-order valence-corrected chi connectivity index (χ1v) is 3.88. The molecule has 62 valence electrons. The zero-order valence-corrected chi connectivity index (χ0v) is 7.42. The van der Waals surface area contributed by atoms with Crippen LogP contribution in [-0.4, -0.2) is 6.61 Å². The highest BCUT2D eigenvalue weighted by atomic mass is 16.5. The quantitative estimate of drug-likeness (QED) is 0.603. The SMILES string of the molecule is C#CCOc1c(C)cccc1C. The molecule has 0 amide bonds. The summed E-state index contributed by atoms with van der Waals surface area (Å²) in [6.45, 7) is 4.36. The van der Waals surface area contributed by atoms with Gasteiger partial charge in [0.1, 0.15) is 12.4 Å². The fourth-order valence-corrected chi connectivity index (χ4v) is 1.14. The molecule has 0 aliphatic heterocycles. The van der Waals surface area contributed by atoms with E-state index in [0.717, 1.165) is 16.9 Å². The first kappa shape index (κ1) is 8.67. The minimum Gasteiger partial charge on any atom is -0.480 e.